The van der Waals surface area contributed by atoms with Gasteiger partial charge in [0.2, 0.25) is 10.0 Å². The van der Waals surface area contributed by atoms with Gasteiger partial charge in [0.15, 0.2) is 0 Å². The van der Waals surface area contributed by atoms with Crippen LogP contribution in [-0.2, 0) is 10.0 Å². The molecule has 1 amide bonds. The van der Waals surface area contributed by atoms with Gasteiger partial charge in [-0.25, -0.2) is 17.1 Å². The van der Waals surface area contributed by atoms with Crippen LogP contribution in [0.2, 0.25) is 0 Å². The van der Waals surface area contributed by atoms with E-state index < -0.39 is 21.7 Å². The fraction of sp³-hybridized carbons (Fsp3) is 0.188. The molecule has 0 aliphatic rings. The van der Waals surface area contributed by atoms with Crippen LogP contribution in [0.25, 0.3) is 0 Å². The smallest absolute Gasteiger partial charge is 0.258 e. The van der Waals surface area contributed by atoms with Gasteiger partial charge in [-0.3, -0.25) is 4.79 Å². The first-order chi connectivity index (χ1) is 11.3. The number of nitrogens with one attached hydrogen (secondary N) is 1. The average molecular weight is 368 g/mol. The molecule has 128 valence electrons. The fourth-order valence-corrected chi connectivity index (χ4v) is 3.34. The van der Waals surface area contributed by atoms with Gasteiger partial charge in [-0.2, -0.15) is 0 Å². The molecule has 0 heterocycles. The SMILES string of the molecule is CSc1cccc(NC(=O)c2cc(S(=O)(=O)N(C)C)ccc2F)c1. The lowest BCUT2D eigenvalue weighted by molar-refractivity contribution is 0.102. The van der Waals surface area contributed by atoms with Crippen LogP contribution in [0.4, 0.5) is 10.1 Å². The van der Waals surface area contributed by atoms with Gasteiger partial charge in [0.25, 0.3) is 5.91 Å². The number of benzene rings is 2. The largest absolute Gasteiger partial charge is 0.322 e. The molecule has 0 atom stereocenters. The molecule has 1 N–H and O–H groups in total. The maximum absolute atomic E-state index is 14.0. The van der Waals surface area contributed by atoms with Crippen LogP contribution >= 0.6 is 11.8 Å². The van der Waals surface area contributed by atoms with E-state index in [2.05, 4.69) is 5.32 Å². The first-order valence-electron chi connectivity index (χ1n) is 6.93. The average Bonchev–Trinajstić information content (AvgIpc) is 2.54. The van der Waals surface area contributed by atoms with Crippen molar-refractivity contribution >= 4 is 33.4 Å². The third kappa shape index (κ3) is 3.95. The summed E-state index contributed by atoms with van der Waals surface area (Å²) in [6.45, 7) is 0. The first-order valence-corrected chi connectivity index (χ1v) is 9.59. The molecule has 0 saturated carbocycles. The lowest BCUT2D eigenvalue weighted by Crippen LogP contribution is -2.23. The molecule has 2 aromatic rings. The van der Waals surface area contributed by atoms with Gasteiger partial charge in [-0.1, -0.05) is 6.07 Å². The Bertz CT molecular complexity index is 867. The number of carbonyl (C=O) groups excluding carboxylic acids is 1. The van der Waals surface area contributed by atoms with Crippen molar-refractivity contribution in [2.45, 2.75) is 9.79 Å². The molecule has 0 aromatic heterocycles. The molecule has 2 aromatic carbocycles. The first kappa shape index (κ1) is 18.4. The normalized spacial score (nSPS) is 11.5. The summed E-state index contributed by atoms with van der Waals surface area (Å²) in [4.78, 5) is 13.1. The van der Waals surface area contributed by atoms with E-state index in [1.165, 1.54) is 25.9 Å². The third-order valence-electron chi connectivity index (χ3n) is 3.29. The Balaban J connectivity index is 2.35. The Hall–Kier alpha value is -1.90. The second-order valence-corrected chi connectivity index (χ2v) is 8.15. The van der Waals surface area contributed by atoms with Gasteiger partial charge < -0.3 is 5.32 Å². The number of hydrogen-bond acceptors (Lipinski definition) is 4. The highest BCUT2D eigenvalue weighted by molar-refractivity contribution is 7.98. The van der Waals surface area contributed by atoms with E-state index in [1.54, 1.807) is 18.2 Å². The van der Waals surface area contributed by atoms with Crippen LogP contribution in [0.1, 0.15) is 10.4 Å². The van der Waals surface area contributed by atoms with Crippen LogP contribution in [0.3, 0.4) is 0 Å². The van der Waals surface area contributed by atoms with Gasteiger partial charge in [0.1, 0.15) is 5.82 Å². The second-order valence-electron chi connectivity index (χ2n) is 5.12. The molecule has 5 nitrogen and oxygen atoms in total. The van der Waals surface area contributed by atoms with E-state index in [-0.39, 0.29) is 10.5 Å². The topological polar surface area (TPSA) is 66.5 Å². The number of halogens is 1. The van der Waals surface area contributed by atoms with Gasteiger partial charge in [-0.05, 0) is 42.7 Å². The Morgan fingerprint density at radius 1 is 1.17 bits per heavy atom. The van der Waals surface area contributed by atoms with E-state index in [0.29, 0.717) is 5.69 Å². The van der Waals surface area contributed by atoms with Crippen LogP contribution in [0, 0.1) is 5.82 Å². The van der Waals surface area contributed by atoms with E-state index >= 15 is 0 Å². The van der Waals surface area contributed by atoms with Crippen molar-refractivity contribution in [2.75, 3.05) is 25.7 Å². The number of amides is 1. The minimum absolute atomic E-state index is 0.142. The van der Waals surface area contributed by atoms with Gasteiger partial charge in [0, 0.05) is 24.7 Å². The predicted octanol–water partition coefficient (Wildman–Crippen LogP) is 3.05. The summed E-state index contributed by atoms with van der Waals surface area (Å²) < 4.78 is 39.2. The molecule has 0 saturated heterocycles. The molecule has 2 rings (SSSR count). The van der Waals surface area contributed by atoms with Crippen molar-refractivity contribution in [3.05, 3.63) is 53.8 Å². The number of carbonyl (C=O) groups is 1. The van der Waals surface area contributed by atoms with E-state index in [9.17, 15) is 17.6 Å². The monoisotopic (exact) mass is 368 g/mol. The molecule has 0 fully saturated rings. The van der Waals surface area contributed by atoms with Crippen molar-refractivity contribution < 1.29 is 17.6 Å². The van der Waals surface area contributed by atoms with Crippen LogP contribution < -0.4 is 5.32 Å². The maximum Gasteiger partial charge on any atom is 0.258 e. The fourth-order valence-electron chi connectivity index (χ4n) is 1.95. The Morgan fingerprint density at radius 2 is 1.88 bits per heavy atom. The number of thioether (sulfide) groups is 1. The molecule has 0 aliphatic heterocycles. The van der Waals surface area contributed by atoms with E-state index in [4.69, 9.17) is 0 Å². The number of sulfonamides is 1. The molecule has 0 bridgehead atoms. The number of hydrogen-bond donors (Lipinski definition) is 1. The highest BCUT2D eigenvalue weighted by atomic mass is 32.2. The van der Waals surface area contributed by atoms with Crippen LogP contribution in [0.5, 0.6) is 0 Å². The Labute approximate surface area is 144 Å². The molecule has 0 aliphatic carbocycles. The lowest BCUT2D eigenvalue weighted by Gasteiger charge is -2.13. The van der Waals surface area contributed by atoms with E-state index in [0.717, 1.165) is 27.4 Å². The van der Waals surface area contributed by atoms with Gasteiger partial charge >= 0.3 is 0 Å². The molecule has 0 spiro atoms. The maximum atomic E-state index is 14.0. The number of anilines is 1. The minimum atomic E-state index is -3.75. The molecule has 8 heteroatoms. The molecule has 0 radical (unpaired) electrons. The highest BCUT2D eigenvalue weighted by Gasteiger charge is 2.21. The van der Waals surface area contributed by atoms with Crippen LogP contribution in [-0.4, -0.2) is 39.0 Å². The van der Waals surface area contributed by atoms with Crippen LogP contribution in [0.15, 0.2) is 52.3 Å². The Kier molecular flexibility index (Phi) is 5.63. The summed E-state index contributed by atoms with van der Waals surface area (Å²) in [6.07, 6.45) is 1.90. The number of rotatable bonds is 5. The zero-order valence-corrected chi connectivity index (χ0v) is 15.0. The second kappa shape index (κ2) is 7.33. The summed E-state index contributed by atoms with van der Waals surface area (Å²) in [5.74, 6) is -1.49. The zero-order chi connectivity index (χ0) is 17.9. The summed E-state index contributed by atoms with van der Waals surface area (Å²) in [6, 6.07) is 10.2. The highest BCUT2D eigenvalue weighted by Crippen LogP contribution is 2.21. The summed E-state index contributed by atoms with van der Waals surface area (Å²) in [7, 11) is -1.02. The molecular formula is C16H17FN2O3S2. The van der Waals surface area contributed by atoms with Gasteiger partial charge in [-0.15, -0.1) is 11.8 Å². The number of nitrogens with zero attached hydrogens (tertiary/aromatic N) is 1. The van der Waals surface area contributed by atoms with E-state index in [1.807, 2.05) is 12.3 Å². The Morgan fingerprint density at radius 3 is 2.50 bits per heavy atom. The van der Waals surface area contributed by atoms with Gasteiger partial charge in [0.05, 0.1) is 10.5 Å². The lowest BCUT2D eigenvalue weighted by atomic mass is 10.2. The quantitative estimate of drug-likeness (QED) is 0.824. The molecular weight excluding hydrogens is 351 g/mol. The minimum Gasteiger partial charge on any atom is -0.322 e. The summed E-state index contributed by atoms with van der Waals surface area (Å²) in [5.41, 5.74) is 0.180. The summed E-state index contributed by atoms with van der Waals surface area (Å²) >= 11 is 1.51. The zero-order valence-electron chi connectivity index (χ0n) is 13.4. The van der Waals surface area contributed by atoms with Crippen molar-refractivity contribution in [1.29, 1.82) is 0 Å². The molecule has 0 unspecified atom stereocenters. The van der Waals surface area contributed by atoms with Crippen molar-refractivity contribution in [1.82, 2.24) is 4.31 Å². The van der Waals surface area contributed by atoms with Crippen molar-refractivity contribution in [2.24, 2.45) is 0 Å². The summed E-state index contributed by atoms with van der Waals surface area (Å²) in [5, 5.41) is 2.58. The third-order valence-corrected chi connectivity index (χ3v) is 5.83. The standard InChI is InChI=1S/C16H17FN2O3S2/c1-19(2)24(21,22)13-7-8-15(17)14(10-13)16(20)18-11-5-4-6-12(9-11)23-3/h4-10H,1-3H3,(H,18,20). The van der Waals surface area contributed by atoms with Crippen molar-refractivity contribution in [3.63, 3.8) is 0 Å². The van der Waals surface area contributed by atoms with Crippen molar-refractivity contribution in [3.8, 4) is 0 Å². The predicted molar refractivity (Wildman–Crippen MR) is 93.4 cm³/mol. The molecule has 24 heavy (non-hydrogen) atoms.